The molecule has 5 heteroatoms. The topological polar surface area (TPSA) is 53.6 Å². The summed E-state index contributed by atoms with van der Waals surface area (Å²) in [6, 6.07) is -0.0463. The van der Waals surface area contributed by atoms with Gasteiger partial charge in [0.2, 0.25) is 0 Å². The maximum absolute atomic E-state index is 11.1. The summed E-state index contributed by atoms with van der Waals surface area (Å²) in [7, 11) is 3.46. The molecule has 1 rings (SSSR count). The molecule has 0 aromatic heterocycles. The van der Waals surface area contributed by atoms with Gasteiger partial charge in [-0.1, -0.05) is 6.92 Å². The van der Waals surface area contributed by atoms with Crippen molar-refractivity contribution in [2.45, 2.75) is 6.92 Å². The molecule has 1 aliphatic rings. The molecule has 1 aliphatic heterocycles. The van der Waals surface area contributed by atoms with Crippen molar-refractivity contribution in [3.63, 3.8) is 0 Å². The van der Waals surface area contributed by atoms with E-state index in [1.54, 1.807) is 14.1 Å². The van der Waals surface area contributed by atoms with Crippen LogP contribution in [0.25, 0.3) is 0 Å². The highest BCUT2D eigenvalue weighted by atomic mass is 16.5. The summed E-state index contributed by atoms with van der Waals surface area (Å²) in [4.78, 5) is 12.7. The molecule has 0 bridgehead atoms. The van der Waals surface area contributed by atoms with Crippen LogP contribution in [0.3, 0.4) is 0 Å². The van der Waals surface area contributed by atoms with E-state index in [2.05, 4.69) is 17.6 Å². The summed E-state index contributed by atoms with van der Waals surface area (Å²) < 4.78 is 5.15. The van der Waals surface area contributed by atoms with E-state index in [-0.39, 0.29) is 6.03 Å². The molecular weight excluding hydrogens is 194 g/mol. The second-order valence-electron chi connectivity index (χ2n) is 4.61. The fraction of sp³-hybridized carbons (Fsp3) is 0.900. The van der Waals surface area contributed by atoms with E-state index in [0.29, 0.717) is 12.0 Å². The number of nitrogens with one attached hydrogen (secondary N) is 2. The van der Waals surface area contributed by atoms with Gasteiger partial charge in [-0.15, -0.1) is 0 Å². The summed E-state index contributed by atoms with van der Waals surface area (Å²) in [6.45, 7) is 6.28. The summed E-state index contributed by atoms with van der Waals surface area (Å²) in [5, 5.41) is 6.11. The molecule has 0 spiro atoms. The number of ether oxygens (including phenoxy) is 1. The van der Waals surface area contributed by atoms with Gasteiger partial charge >= 0.3 is 6.03 Å². The van der Waals surface area contributed by atoms with Crippen molar-refractivity contribution in [1.82, 2.24) is 15.5 Å². The second-order valence-corrected chi connectivity index (χ2v) is 4.61. The van der Waals surface area contributed by atoms with Gasteiger partial charge < -0.3 is 20.3 Å². The Morgan fingerprint density at radius 2 is 2.07 bits per heavy atom. The van der Waals surface area contributed by atoms with Crippen molar-refractivity contribution < 1.29 is 9.53 Å². The van der Waals surface area contributed by atoms with Gasteiger partial charge in [-0.2, -0.15) is 0 Å². The molecule has 1 heterocycles. The van der Waals surface area contributed by atoms with Crippen LogP contribution in [0, 0.1) is 5.41 Å². The molecule has 2 amide bonds. The number of nitrogens with zero attached hydrogens (tertiary/aromatic N) is 1. The molecule has 1 fully saturated rings. The van der Waals surface area contributed by atoms with E-state index in [0.717, 1.165) is 26.3 Å². The molecule has 0 aliphatic carbocycles. The van der Waals surface area contributed by atoms with E-state index in [1.807, 2.05) is 0 Å². The van der Waals surface area contributed by atoms with Crippen LogP contribution in [-0.4, -0.2) is 57.9 Å². The third kappa shape index (κ3) is 4.05. The smallest absolute Gasteiger partial charge is 0.316 e. The highest BCUT2D eigenvalue weighted by molar-refractivity contribution is 5.73. The monoisotopic (exact) mass is 215 g/mol. The maximum atomic E-state index is 11.1. The van der Waals surface area contributed by atoms with Crippen molar-refractivity contribution in [3.05, 3.63) is 0 Å². The van der Waals surface area contributed by atoms with E-state index in [4.69, 9.17) is 4.74 Å². The summed E-state index contributed by atoms with van der Waals surface area (Å²) in [5.41, 5.74) is 0.297. The lowest BCUT2D eigenvalue weighted by atomic mass is 9.89. The Hall–Kier alpha value is -0.810. The zero-order chi connectivity index (χ0) is 11.3. The van der Waals surface area contributed by atoms with Crippen molar-refractivity contribution in [1.29, 1.82) is 0 Å². The number of carbonyl (C=O) groups is 1. The molecule has 2 N–H and O–H groups in total. The first-order valence-electron chi connectivity index (χ1n) is 5.27. The summed E-state index contributed by atoms with van der Waals surface area (Å²) in [5.74, 6) is 0. The number of amides is 2. The van der Waals surface area contributed by atoms with Gasteiger partial charge in [0.05, 0.1) is 13.2 Å². The Kier molecular flexibility index (Phi) is 4.35. The first-order valence-corrected chi connectivity index (χ1v) is 5.27. The van der Waals surface area contributed by atoms with Crippen LogP contribution < -0.4 is 10.6 Å². The van der Waals surface area contributed by atoms with Gasteiger partial charge in [0.15, 0.2) is 0 Å². The minimum atomic E-state index is -0.0463. The standard InChI is InChI=1S/C10H21N3O2/c1-10(7-15-8-10)6-11-4-5-12-9(14)13(2)3/h11H,4-8H2,1-3H3,(H,12,14). The Morgan fingerprint density at radius 3 is 2.53 bits per heavy atom. The van der Waals surface area contributed by atoms with E-state index in [1.165, 1.54) is 4.90 Å². The van der Waals surface area contributed by atoms with Crippen LogP contribution in [0.1, 0.15) is 6.92 Å². The van der Waals surface area contributed by atoms with Gasteiger partial charge in [0, 0.05) is 39.1 Å². The normalized spacial score (nSPS) is 18.1. The van der Waals surface area contributed by atoms with Crippen LogP contribution in [0.5, 0.6) is 0 Å². The predicted molar refractivity (Wildman–Crippen MR) is 58.9 cm³/mol. The quantitative estimate of drug-likeness (QED) is 0.629. The highest BCUT2D eigenvalue weighted by Gasteiger charge is 2.32. The molecule has 15 heavy (non-hydrogen) atoms. The summed E-state index contributed by atoms with van der Waals surface area (Å²) >= 11 is 0. The molecule has 0 atom stereocenters. The van der Waals surface area contributed by atoms with Crippen LogP contribution in [0.4, 0.5) is 4.79 Å². The van der Waals surface area contributed by atoms with Crippen molar-refractivity contribution in [2.24, 2.45) is 5.41 Å². The summed E-state index contributed by atoms with van der Waals surface area (Å²) in [6.07, 6.45) is 0. The predicted octanol–water partition coefficient (Wildman–Crippen LogP) is -0.116. The minimum Gasteiger partial charge on any atom is -0.380 e. The zero-order valence-electron chi connectivity index (χ0n) is 9.80. The van der Waals surface area contributed by atoms with Crippen molar-refractivity contribution in [2.75, 3.05) is 46.9 Å². The third-order valence-corrected chi connectivity index (χ3v) is 2.44. The molecule has 0 aromatic carbocycles. The first-order chi connectivity index (χ1) is 7.03. The number of urea groups is 1. The largest absolute Gasteiger partial charge is 0.380 e. The van der Waals surface area contributed by atoms with Gasteiger partial charge in [0.1, 0.15) is 0 Å². The molecule has 1 saturated heterocycles. The average molecular weight is 215 g/mol. The Morgan fingerprint density at radius 1 is 1.40 bits per heavy atom. The van der Waals surface area contributed by atoms with Crippen LogP contribution in [0.2, 0.25) is 0 Å². The lowest BCUT2D eigenvalue weighted by molar-refractivity contribution is -0.0988. The first kappa shape index (κ1) is 12.3. The Balaban J connectivity index is 1.95. The van der Waals surface area contributed by atoms with E-state index >= 15 is 0 Å². The Bertz CT molecular complexity index is 215. The maximum Gasteiger partial charge on any atom is 0.316 e. The number of carbonyl (C=O) groups excluding carboxylic acids is 1. The van der Waals surface area contributed by atoms with Crippen LogP contribution >= 0.6 is 0 Å². The molecule has 5 nitrogen and oxygen atoms in total. The number of rotatable bonds is 5. The Labute approximate surface area is 91.2 Å². The van der Waals surface area contributed by atoms with Crippen LogP contribution in [-0.2, 0) is 4.74 Å². The molecule has 88 valence electrons. The fourth-order valence-electron chi connectivity index (χ4n) is 1.36. The SMILES string of the molecule is CN(C)C(=O)NCCNCC1(C)COC1. The van der Waals surface area contributed by atoms with Gasteiger partial charge in [-0.3, -0.25) is 0 Å². The number of hydrogen-bond acceptors (Lipinski definition) is 3. The number of hydrogen-bond donors (Lipinski definition) is 2. The molecule has 0 unspecified atom stereocenters. The second kappa shape index (κ2) is 5.32. The molecule has 0 aromatic rings. The van der Waals surface area contributed by atoms with Gasteiger partial charge in [0.25, 0.3) is 0 Å². The van der Waals surface area contributed by atoms with Crippen LogP contribution in [0.15, 0.2) is 0 Å². The van der Waals surface area contributed by atoms with Crippen molar-refractivity contribution >= 4 is 6.03 Å². The zero-order valence-corrected chi connectivity index (χ0v) is 9.80. The minimum absolute atomic E-state index is 0.0463. The van der Waals surface area contributed by atoms with Crippen molar-refractivity contribution in [3.8, 4) is 0 Å². The van der Waals surface area contributed by atoms with Gasteiger partial charge in [-0.25, -0.2) is 4.79 Å². The lowest BCUT2D eigenvalue weighted by Crippen LogP contribution is -2.48. The molecular formula is C10H21N3O2. The van der Waals surface area contributed by atoms with E-state index < -0.39 is 0 Å². The van der Waals surface area contributed by atoms with E-state index in [9.17, 15) is 4.79 Å². The molecule has 0 saturated carbocycles. The highest BCUT2D eigenvalue weighted by Crippen LogP contribution is 2.24. The third-order valence-electron chi connectivity index (χ3n) is 2.44. The average Bonchev–Trinajstić information content (AvgIpc) is 2.14. The fourth-order valence-corrected chi connectivity index (χ4v) is 1.36. The molecule has 0 radical (unpaired) electrons. The van der Waals surface area contributed by atoms with Gasteiger partial charge in [-0.05, 0) is 0 Å². The lowest BCUT2D eigenvalue weighted by Gasteiger charge is -2.38.